The topological polar surface area (TPSA) is 76.1 Å². The van der Waals surface area contributed by atoms with Gasteiger partial charge in [0.25, 0.3) is 5.91 Å². The first-order chi connectivity index (χ1) is 13.5. The number of carbonyl (C=O) groups excluding carboxylic acids is 1. The molecule has 1 aromatic carbocycles. The number of carboxylic acids is 1. The number of carbonyl (C=O) groups is 2. The summed E-state index contributed by atoms with van der Waals surface area (Å²) in [5.41, 5.74) is 1.36. The first-order valence-electron chi connectivity index (χ1n) is 9.41. The molecule has 1 fully saturated rings. The Bertz CT molecular complexity index is 870. The predicted octanol–water partition coefficient (Wildman–Crippen LogP) is 3.22. The Morgan fingerprint density at radius 2 is 1.96 bits per heavy atom. The highest BCUT2D eigenvalue weighted by Gasteiger charge is 2.44. The van der Waals surface area contributed by atoms with Crippen molar-refractivity contribution in [2.75, 3.05) is 26.8 Å². The molecule has 1 atom stereocenters. The van der Waals surface area contributed by atoms with Crippen molar-refractivity contribution in [1.82, 2.24) is 4.90 Å². The van der Waals surface area contributed by atoms with Gasteiger partial charge in [-0.15, -0.1) is 11.3 Å². The molecule has 0 aliphatic carbocycles. The van der Waals surface area contributed by atoms with E-state index in [9.17, 15) is 14.7 Å². The van der Waals surface area contributed by atoms with Gasteiger partial charge in [0.1, 0.15) is 4.88 Å². The molecule has 0 radical (unpaired) electrons. The number of carboxylic acid groups (broad SMARTS) is 1. The Kier molecular flexibility index (Phi) is 5.23. The highest BCUT2D eigenvalue weighted by molar-refractivity contribution is 7.14. The zero-order valence-electron chi connectivity index (χ0n) is 15.7. The van der Waals surface area contributed by atoms with E-state index in [0.29, 0.717) is 37.4 Å². The second kappa shape index (κ2) is 7.66. The van der Waals surface area contributed by atoms with E-state index in [0.717, 1.165) is 22.4 Å². The number of thiophene rings is 1. The minimum absolute atomic E-state index is 0.0453. The van der Waals surface area contributed by atoms with Gasteiger partial charge in [-0.25, -0.2) is 4.79 Å². The molecular weight excluding hydrogens is 378 g/mol. The summed E-state index contributed by atoms with van der Waals surface area (Å²) in [6.07, 6.45) is 1.45. The monoisotopic (exact) mass is 401 g/mol. The van der Waals surface area contributed by atoms with Crippen molar-refractivity contribution >= 4 is 23.2 Å². The SMILES string of the molecule is CO[C@@H](C(=O)N1CCC2(CC1)OCCc1sc(C(=O)O)cc12)c1ccccc1. The first-order valence-corrected chi connectivity index (χ1v) is 10.2. The summed E-state index contributed by atoms with van der Waals surface area (Å²) in [6.45, 7) is 1.71. The zero-order valence-corrected chi connectivity index (χ0v) is 16.5. The molecule has 0 unspecified atom stereocenters. The second-order valence-electron chi connectivity index (χ2n) is 7.20. The van der Waals surface area contributed by atoms with Crippen LogP contribution in [0, 0.1) is 0 Å². The molecule has 1 spiro atoms. The van der Waals surface area contributed by atoms with Crippen molar-refractivity contribution in [2.45, 2.75) is 31.0 Å². The van der Waals surface area contributed by atoms with Crippen LogP contribution in [0.1, 0.15) is 44.6 Å². The third kappa shape index (κ3) is 3.34. The lowest BCUT2D eigenvalue weighted by molar-refractivity contribution is -0.150. The van der Waals surface area contributed by atoms with Crippen molar-refractivity contribution < 1.29 is 24.2 Å². The number of piperidine rings is 1. The lowest BCUT2D eigenvalue weighted by atomic mass is 9.82. The minimum atomic E-state index is -0.895. The van der Waals surface area contributed by atoms with Gasteiger partial charge in [-0.3, -0.25) is 4.79 Å². The van der Waals surface area contributed by atoms with E-state index in [4.69, 9.17) is 9.47 Å². The van der Waals surface area contributed by atoms with Crippen LogP contribution in [0.25, 0.3) is 0 Å². The number of ether oxygens (including phenoxy) is 2. The van der Waals surface area contributed by atoms with Crippen LogP contribution in [-0.2, 0) is 26.3 Å². The molecule has 148 valence electrons. The number of amides is 1. The number of fused-ring (bicyclic) bond motifs is 2. The molecule has 0 bridgehead atoms. The van der Waals surface area contributed by atoms with Crippen molar-refractivity contribution in [3.05, 3.63) is 57.3 Å². The van der Waals surface area contributed by atoms with Crippen molar-refractivity contribution in [2.24, 2.45) is 0 Å². The number of benzene rings is 1. The van der Waals surface area contributed by atoms with E-state index < -0.39 is 17.7 Å². The predicted molar refractivity (Wildman–Crippen MR) is 105 cm³/mol. The maximum atomic E-state index is 13.0. The molecule has 1 saturated heterocycles. The Morgan fingerprint density at radius 3 is 2.61 bits per heavy atom. The molecule has 2 aliphatic rings. The van der Waals surface area contributed by atoms with Crippen LogP contribution in [0.3, 0.4) is 0 Å². The number of methoxy groups -OCH3 is 1. The van der Waals surface area contributed by atoms with Crippen LogP contribution in [0.15, 0.2) is 36.4 Å². The van der Waals surface area contributed by atoms with Crippen LogP contribution >= 0.6 is 11.3 Å². The van der Waals surface area contributed by atoms with Gasteiger partial charge in [0, 0.05) is 31.5 Å². The van der Waals surface area contributed by atoms with Gasteiger partial charge in [0.05, 0.1) is 12.2 Å². The van der Waals surface area contributed by atoms with Crippen LogP contribution in [0.2, 0.25) is 0 Å². The highest BCUT2D eigenvalue weighted by atomic mass is 32.1. The molecule has 7 heteroatoms. The third-order valence-corrected chi connectivity index (χ3v) is 6.85. The Hall–Kier alpha value is -2.22. The molecule has 1 amide bonds. The van der Waals surface area contributed by atoms with E-state index in [1.165, 1.54) is 11.3 Å². The van der Waals surface area contributed by atoms with Crippen LogP contribution in [0.5, 0.6) is 0 Å². The molecule has 1 N–H and O–H groups in total. The van der Waals surface area contributed by atoms with Crippen LogP contribution < -0.4 is 0 Å². The molecule has 4 rings (SSSR count). The van der Waals surface area contributed by atoms with Gasteiger partial charge < -0.3 is 19.5 Å². The number of hydrogen-bond acceptors (Lipinski definition) is 5. The zero-order chi connectivity index (χ0) is 19.7. The summed E-state index contributed by atoms with van der Waals surface area (Å²) in [6, 6.07) is 11.3. The van der Waals surface area contributed by atoms with E-state index in [2.05, 4.69) is 0 Å². The van der Waals surface area contributed by atoms with Crippen molar-refractivity contribution in [1.29, 1.82) is 0 Å². The summed E-state index contributed by atoms with van der Waals surface area (Å²) in [7, 11) is 1.55. The summed E-state index contributed by atoms with van der Waals surface area (Å²) < 4.78 is 11.7. The van der Waals surface area contributed by atoms with Gasteiger partial charge in [0.15, 0.2) is 6.10 Å². The van der Waals surface area contributed by atoms with Gasteiger partial charge in [-0.05, 0) is 30.0 Å². The van der Waals surface area contributed by atoms with Gasteiger partial charge in [-0.1, -0.05) is 30.3 Å². The number of hydrogen-bond donors (Lipinski definition) is 1. The Balaban J connectivity index is 1.51. The Morgan fingerprint density at radius 1 is 1.25 bits per heavy atom. The number of aromatic carboxylic acids is 1. The average Bonchev–Trinajstić information content (AvgIpc) is 3.16. The first kappa shape index (κ1) is 19.1. The molecular formula is C21H23NO5S. The average molecular weight is 401 g/mol. The van der Waals surface area contributed by atoms with Gasteiger partial charge in [0.2, 0.25) is 0 Å². The smallest absolute Gasteiger partial charge is 0.345 e. The minimum Gasteiger partial charge on any atom is -0.477 e. The lowest BCUT2D eigenvalue weighted by Crippen LogP contribution is -2.49. The maximum Gasteiger partial charge on any atom is 0.345 e. The second-order valence-corrected chi connectivity index (χ2v) is 8.33. The lowest BCUT2D eigenvalue weighted by Gasteiger charge is -2.44. The summed E-state index contributed by atoms with van der Waals surface area (Å²) in [5.74, 6) is -0.941. The fourth-order valence-electron chi connectivity index (χ4n) is 4.20. The number of likely N-dealkylation sites (tertiary alicyclic amines) is 1. The van der Waals surface area contributed by atoms with E-state index in [-0.39, 0.29) is 5.91 Å². The maximum absolute atomic E-state index is 13.0. The standard InChI is InChI=1S/C21H23NO5S/c1-26-18(14-5-3-2-4-6-14)19(23)22-10-8-21(9-11-22)15-13-17(20(24)25)28-16(15)7-12-27-21/h2-6,13,18H,7-12H2,1H3,(H,24,25)/t18-/m1/s1. The molecule has 6 nitrogen and oxygen atoms in total. The molecule has 2 aliphatic heterocycles. The van der Waals surface area contributed by atoms with Gasteiger partial charge in [-0.2, -0.15) is 0 Å². The molecule has 0 saturated carbocycles. The van der Waals surface area contributed by atoms with Crippen LogP contribution in [0.4, 0.5) is 0 Å². The summed E-state index contributed by atoms with van der Waals surface area (Å²) in [4.78, 5) is 27.7. The largest absolute Gasteiger partial charge is 0.477 e. The van der Waals surface area contributed by atoms with E-state index in [1.54, 1.807) is 13.2 Å². The molecule has 3 heterocycles. The quantitative estimate of drug-likeness (QED) is 0.851. The fourth-order valence-corrected chi connectivity index (χ4v) is 5.27. The summed E-state index contributed by atoms with van der Waals surface area (Å²) >= 11 is 1.34. The normalized spacial score (nSPS) is 19.2. The summed E-state index contributed by atoms with van der Waals surface area (Å²) in [5, 5.41) is 9.33. The third-order valence-electron chi connectivity index (χ3n) is 5.66. The molecule has 28 heavy (non-hydrogen) atoms. The Labute approximate surface area is 167 Å². The van der Waals surface area contributed by atoms with E-state index in [1.807, 2.05) is 35.2 Å². The molecule has 1 aromatic heterocycles. The highest BCUT2D eigenvalue weighted by Crippen LogP contribution is 2.45. The molecule has 2 aromatic rings. The van der Waals surface area contributed by atoms with Crippen LogP contribution in [-0.4, -0.2) is 48.7 Å². The fraction of sp³-hybridized carbons (Fsp3) is 0.429. The van der Waals surface area contributed by atoms with Crippen molar-refractivity contribution in [3.8, 4) is 0 Å². The number of nitrogens with zero attached hydrogens (tertiary/aromatic N) is 1. The number of rotatable bonds is 4. The van der Waals surface area contributed by atoms with E-state index >= 15 is 0 Å². The van der Waals surface area contributed by atoms with Crippen molar-refractivity contribution in [3.63, 3.8) is 0 Å². The van der Waals surface area contributed by atoms with Gasteiger partial charge >= 0.3 is 5.97 Å².